The highest BCUT2D eigenvalue weighted by Crippen LogP contribution is 2.20. The summed E-state index contributed by atoms with van der Waals surface area (Å²) in [5, 5.41) is 18.7. The van der Waals surface area contributed by atoms with Gasteiger partial charge in [0.05, 0.1) is 6.54 Å². The van der Waals surface area contributed by atoms with E-state index in [2.05, 4.69) is 31.0 Å². The normalized spacial score (nSPS) is 11.1. The standard InChI is InChI=1S/C14H17N7O/c1-9(2)13-16-12(22-18-13)8-15-11-6-4-5-10(7-11)14-17-19-20-21(14)3/h4-7,9,15H,8H2,1-3H3. The molecule has 0 saturated heterocycles. The third kappa shape index (κ3) is 2.95. The van der Waals surface area contributed by atoms with Crippen LogP contribution in [0.5, 0.6) is 0 Å². The quantitative estimate of drug-likeness (QED) is 0.769. The number of nitrogens with one attached hydrogen (secondary N) is 1. The number of nitrogens with zero attached hydrogens (tertiary/aromatic N) is 6. The topological polar surface area (TPSA) is 94.5 Å². The molecule has 0 amide bonds. The lowest BCUT2D eigenvalue weighted by Crippen LogP contribution is -2.01. The molecule has 22 heavy (non-hydrogen) atoms. The molecule has 2 aromatic heterocycles. The van der Waals surface area contributed by atoms with E-state index in [1.165, 1.54) is 0 Å². The lowest BCUT2D eigenvalue weighted by molar-refractivity contribution is 0.376. The average molecular weight is 299 g/mol. The summed E-state index contributed by atoms with van der Waals surface area (Å²) < 4.78 is 6.84. The van der Waals surface area contributed by atoms with Crippen LogP contribution < -0.4 is 5.32 Å². The number of hydrogen-bond donors (Lipinski definition) is 1. The van der Waals surface area contributed by atoms with Crippen LogP contribution in [0, 0.1) is 0 Å². The molecule has 3 aromatic rings. The fourth-order valence-electron chi connectivity index (χ4n) is 1.99. The second-order valence-electron chi connectivity index (χ2n) is 5.26. The number of rotatable bonds is 5. The Labute approximate surface area is 127 Å². The predicted octanol–water partition coefficient (Wildman–Crippen LogP) is 2.00. The fourth-order valence-corrected chi connectivity index (χ4v) is 1.99. The van der Waals surface area contributed by atoms with Gasteiger partial charge in [0.15, 0.2) is 11.6 Å². The van der Waals surface area contributed by atoms with Crippen LogP contribution in [-0.2, 0) is 13.6 Å². The molecule has 8 heteroatoms. The Hall–Kier alpha value is -2.77. The van der Waals surface area contributed by atoms with Crippen LogP contribution in [0.3, 0.4) is 0 Å². The van der Waals surface area contributed by atoms with E-state index in [0.717, 1.165) is 17.1 Å². The fraction of sp³-hybridized carbons (Fsp3) is 0.357. The van der Waals surface area contributed by atoms with Gasteiger partial charge >= 0.3 is 0 Å². The van der Waals surface area contributed by atoms with Crippen molar-refractivity contribution in [2.75, 3.05) is 5.32 Å². The van der Waals surface area contributed by atoms with Crippen LogP contribution in [0.25, 0.3) is 11.4 Å². The zero-order valence-corrected chi connectivity index (χ0v) is 12.7. The van der Waals surface area contributed by atoms with Gasteiger partial charge in [-0.25, -0.2) is 4.68 Å². The Balaban J connectivity index is 1.71. The summed E-state index contributed by atoms with van der Waals surface area (Å²) in [6.45, 7) is 4.53. The number of benzene rings is 1. The molecular formula is C14H17N7O. The predicted molar refractivity (Wildman–Crippen MR) is 79.9 cm³/mol. The van der Waals surface area contributed by atoms with Crippen molar-refractivity contribution in [2.24, 2.45) is 7.05 Å². The Morgan fingerprint density at radius 3 is 2.86 bits per heavy atom. The first-order valence-electron chi connectivity index (χ1n) is 7.02. The molecule has 1 N–H and O–H groups in total. The van der Waals surface area contributed by atoms with E-state index >= 15 is 0 Å². The first-order chi connectivity index (χ1) is 10.6. The zero-order valence-electron chi connectivity index (χ0n) is 12.7. The molecule has 0 aliphatic rings. The molecule has 0 saturated carbocycles. The minimum atomic E-state index is 0.254. The van der Waals surface area contributed by atoms with Crippen LogP contribution in [0.15, 0.2) is 28.8 Å². The number of anilines is 1. The van der Waals surface area contributed by atoms with Crippen molar-refractivity contribution < 1.29 is 4.52 Å². The van der Waals surface area contributed by atoms with Crippen LogP contribution in [0.2, 0.25) is 0 Å². The molecule has 0 fully saturated rings. The van der Waals surface area contributed by atoms with E-state index < -0.39 is 0 Å². The number of aromatic nitrogens is 6. The average Bonchev–Trinajstić information content (AvgIpc) is 3.14. The summed E-state index contributed by atoms with van der Waals surface area (Å²) >= 11 is 0. The van der Waals surface area contributed by atoms with Gasteiger partial charge in [-0.2, -0.15) is 4.98 Å². The highest BCUT2D eigenvalue weighted by molar-refractivity contribution is 5.62. The Bertz CT molecular complexity index is 762. The van der Waals surface area contributed by atoms with Crippen molar-refractivity contribution in [3.05, 3.63) is 36.0 Å². The van der Waals surface area contributed by atoms with E-state index in [1.807, 2.05) is 38.1 Å². The maximum atomic E-state index is 5.21. The van der Waals surface area contributed by atoms with Crippen molar-refractivity contribution in [3.8, 4) is 11.4 Å². The second kappa shape index (κ2) is 5.92. The smallest absolute Gasteiger partial charge is 0.245 e. The van der Waals surface area contributed by atoms with Gasteiger partial charge in [0, 0.05) is 24.2 Å². The maximum Gasteiger partial charge on any atom is 0.245 e. The lowest BCUT2D eigenvalue weighted by Gasteiger charge is -2.05. The SMILES string of the molecule is CC(C)c1noc(CNc2cccc(-c3nnnn3C)c2)n1. The Morgan fingerprint density at radius 2 is 2.18 bits per heavy atom. The molecule has 0 spiro atoms. The van der Waals surface area contributed by atoms with Gasteiger partial charge in [-0.1, -0.05) is 31.1 Å². The first kappa shape index (κ1) is 14.2. The van der Waals surface area contributed by atoms with Gasteiger partial charge in [0.2, 0.25) is 5.89 Å². The molecule has 0 atom stereocenters. The van der Waals surface area contributed by atoms with Crippen molar-refractivity contribution in [3.63, 3.8) is 0 Å². The van der Waals surface area contributed by atoms with Gasteiger partial charge < -0.3 is 9.84 Å². The number of tetrazole rings is 1. The summed E-state index contributed by atoms with van der Waals surface area (Å²) in [7, 11) is 1.81. The van der Waals surface area contributed by atoms with Crippen molar-refractivity contribution in [1.29, 1.82) is 0 Å². The van der Waals surface area contributed by atoms with E-state index in [-0.39, 0.29) is 5.92 Å². The number of hydrogen-bond acceptors (Lipinski definition) is 7. The summed E-state index contributed by atoms with van der Waals surface area (Å²) in [5.41, 5.74) is 1.87. The van der Waals surface area contributed by atoms with Crippen LogP contribution in [0.4, 0.5) is 5.69 Å². The molecule has 0 aliphatic carbocycles. The Kier molecular flexibility index (Phi) is 3.82. The first-order valence-corrected chi connectivity index (χ1v) is 7.02. The van der Waals surface area contributed by atoms with Crippen molar-refractivity contribution >= 4 is 5.69 Å². The van der Waals surface area contributed by atoms with Gasteiger partial charge in [-0.15, -0.1) is 5.10 Å². The van der Waals surface area contributed by atoms with E-state index in [0.29, 0.717) is 18.3 Å². The number of aryl methyl sites for hydroxylation is 1. The largest absolute Gasteiger partial charge is 0.376 e. The third-order valence-corrected chi connectivity index (χ3v) is 3.18. The van der Waals surface area contributed by atoms with Crippen molar-refractivity contribution in [2.45, 2.75) is 26.3 Å². The van der Waals surface area contributed by atoms with E-state index in [9.17, 15) is 0 Å². The minimum absolute atomic E-state index is 0.254. The molecule has 3 rings (SSSR count). The summed E-state index contributed by atoms with van der Waals surface area (Å²) in [4.78, 5) is 4.33. The van der Waals surface area contributed by atoms with Crippen LogP contribution in [-0.4, -0.2) is 30.3 Å². The molecule has 2 heterocycles. The lowest BCUT2D eigenvalue weighted by atomic mass is 10.2. The molecule has 0 bridgehead atoms. The van der Waals surface area contributed by atoms with Gasteiger partial charge in [0.25, 0.3) is 0 Å². The third-order valence-electron chi connectivity index (χ3n) is 3.18. The zero-order chi connectivity index (χ0) is 15.5. The highest BCUT2D eigenvalue weighted by atomic mass is 16.5. The van der Waals surface area contributed by atoms with Gasteiger partial charge in [-0.05, 0) is 22.6 Å². The molecule has 0 unspecified atom stereocenters. The summed E-state index contributed by atoms with van der Waals surface area (Å²) in [5.74, 6) is 2.25. The van der Waals surface area contributed by atoms with Gasteiger partial charge in [-0.3, -0.25) is 0 Å². The highest BCUT2D eigenvalue weighted by Gasteiger charge is 2.10. The van der Waals surface area contributed by atoms with Crippen molar-refractivity contribution in [1.82, 2.24) is 30.3 Å². The summed E-state index contributed by atoms with van der Waals surface area (Å²) in [6.07, 6.45) is 0. The second-order valence-corrected chi connectivity index (χ2v) is 5.26. The molecular weight excluding hydrogens is 282 g/mol. The van der Waals surface area contributed by atoms with Gasteiger partial charge in [0.1, 0.15) is 0 Å². The molecule has 0 radical (unpaired) electrons. The Morgan fingerprint density at radius 1 is 1.32 bits per heavy atom. The van der Waals surface area contributed by atoms with E-state index in [4.69, 9.17) is 4.52 Å². The molecule has 0 aliphatic heterocycles. The van der Waals surface area contributed by atoms with Crippen LogP contribution >= 0.6 is 0 Å². The monoisotopic (exact) mass is 299 g/mol. The maximum absolute atomic E-state index is 5.21. The molecule has 1 aromatic carbocycles. The van der Waals surface area contributed by atoms with Crippen LogP contribution in [0.1, 0.15) is 31.5 Å². The van der Waals surface area contributed by atoms with E-state index in [1.54, 1.807) is 11.7 Å². The molecule has 114 valence electrons. The molecule has 8 nitrogen and oxygen atoms in total. The summed E-state index contributed by atoms with van der Waals surface area (Å²) in [6, 6.07) is 7.85. The minimum Gasteiger partial charge on any atom is -0.376 e.